The molecule has 40 heavy (non-hydrogen) atoms. The summed E-state index contributed by atoms with van der Waals surface area (Å²) in [7, 11) is 1.94. The first kappa shape index (κ1) is 27.2. The second-order valence-electron chi connectivity index (χ2n) is 10.3. The number of guanidine groups is 1. The molecule has 4 aromatic heterocycles. The quantitative estimate of drug-likeness (QED) is 0.201. The predicted octanol–water partition coefficient (Wildman–Crippen LogP) is 3.19. The molecule has 0 spiro atoms. The highest BCUT2D eigenvalue weighted by Gasteiger charge is 2.29. The van der Waals surface area contributed by atoms with Gasteiger partial charge in [-0.1, -0.05) is 44.2 Å². The number of aliphatic imine (C=N–C) groups is 1. The van der Waals surface area contributed by atoms with Gasteiger partial charge in [0.1, 0.15) is 11.1 Å². The topological polar surface area (TPSA) is 131 Å². The first-order valence-corrected chi connectivity index (χ1v) is 14.2. The minimum Gasteiger partial charge on any atom is -0.370 e. The number of hydrogen-bond donors (Lipinski definition) is 2. The lowest BCUT2D eigenvalue weighted by molar-refractivity contribution is 0.481. The Morgan fingerprint density at radius 3 is 2.45 bits per heavy atom. The third-order valence-electron chi connectivity index (χ3n) is 6.92. The molecule has 1 aromatic carbocycles. The van der Waals surface area contributed by atoms with Gasteiger partial charge in [0.15, 0.2) is 11.6 Å². The van der Waals surface area contributed by atoms with E-state index in [0.29, 0.717) is 29.7 Å². The van der Waals surface area contributed by atoms with E-state index in [-0.39, 0.29) is 31.0 Å². The van der Waals surface area contributed by atoms with Gasteiger partial charge >= 0.3 is 5.69 Å². The number of rotatable bonds is 10. The molecular formula is C29H34N8O2S. The van der Waals surface area contributed by atoms with Crippen LogP contribution in [-0.2, 0) is 26.6 Å². The zero-order chi connectivity index (χ0) is 28.4. The average Bonchev–Trinajstić information content (AvgIpc) is 3.67. The Morgan fingerprint density at radius 2 is 1.82 bits per heavy atom. The molecule has 4 heterocycles. The minimum atomic E-state index is -0.421. The van der Waals surface area contributed by atoms with Crippen LogP contribution in [0, 0.1) is 5.92 Å². The summed E-state index contributed by atoms with van der Waals surface area (Å²) in [4.78, 5) is 31.9. The van der Waals surface area contributed by atoms with Crippen LogP contribution in [0.3, 0.4) is 0 Å². The van der Waals surface area contributed by atoms with E-state index in [1.165, 1.54) is 4.57 Å². The number of fused-ring (bicyclic) bond motifs is 1. The standard InChI is InChI=1S/C29H34N8O2S/c1-19(2)17-36-26-24(27(38)35(29(36)39)14-12-32-28(30)31)25(22-10-7-13-34(22)3)37(33-26)23(21-11-15-40-18-21)16-20-8-5-4-6-9-20/h4-11,13,15,18-19,23H,12,14,16-17H2,1-3H3,(H4,30,31,32). The normalized spacial score (nSPS) is 12.3. The van der Waals surface area contributed by atoms with Gasteiger partial charge in [0.25, 0.3) is 5.56 Å². The minimum absolute atomic E-state index is 0.0549. The van der Waals surface area contributed by atoms with E-state index in [0.717, 1.165) is 16.8 Å². The maximum absolute atomic E-state index is 14.1. The fourth-order valence-electron chi connectivity index (χ4n) is 5.10. The molecular weight excluding hydrogens is 524 g/mol. The second-order valence-corrected chi connectivity index (χ2v) is 11.1. The Balaban J connectivity index is 1.85. The highest BCUT2D eigenvalue weighted by atomic mass is 32.1. The molecule has 208 valence electrons. The van der Waals surface area contributed by atoms with Gasteiger partial charge in [0.05, 0.1) is 24.8 Å². The van der Waals surface area contributed by atoms with Gasteiger partial charge in [-0.15, -0.1) is 0 Å². The molecule has 0 saturated carbocycles. The second kappa shape index (κ2) is 11.4. The van der Waals surface area contributed by atoms with Gasteiger partial charge in [-0.3, -0.25) is 23.6 Å². The number of aromatic nitrogens is 5. The molecule has 0 amide bonds. The summed E-state index contributed by atoms with van der Waals surface area (Å²) < 4.78 is 6.76. The first-order chi connectivity index (χ1) is 19.3. The summed E-state index contributed by atoms with van der Waals surface area (Å²) in [5.74, 6) is 0.0543. The van der Waals surface area contributed by atoms with Crippen LogP contribution in [0.2, 0.25) is 0 Å². The number of benzene rings is 1. The van der Waals surface area contributed by atoms with Crippen LogP contribution in [0.5, 0.6) is 0 Å². The van der Waals surface area contributed by atoms with Crippen molar-refractivity contribution in [2.45, 2.75) is 39.4 Å². The Morgan fingerprint density at radius 1 is 1.05 bits per heavy atom. The molecule has 1 atom stereocenters. The van der Waals surface area contributed by atoms with Crippen molar-refractivity contribution in [2.24, 2.45) is 29.4 Å². The van der Waals surface area contributed by atoms with Crippen molar-refractivity contribution in [2.75, 3.05) is 6.54 Å². The highest BCUT2D eigenvalue weighted by molar-refractivity contribution is 7.08. The van der Waals surface area contributed by atoms with Crippen LogP contribution in [0.15, 0.2) is 80.1 Å². The molecule has 11 heteroatoms. The molecule has 1 unspecified atom stereocenters. The maximum atomic E-state index is 14.1. The molecule has 0 bridgehead atoms. The van der Waals surface area contributed by atoms with Crippen molar-refractivity contribution >= 4 is 28.3 Å². The van der Waals surface area contributed by atoms with E-state index < -0.39 is 11.2 Å². The largest absolute Gasteiger partial charge is 0.370 e. The molecule has 0 aliphatic heterocycles. The number of hydrogen-bond acceptors (Lipinski definition) is 5. The predicted molar refractivity (Wildman–Crippen MR) is 161 cm³/mol. The summed E-state index contributed by atoms with van der Waals surface area (Å²) in [6.45, 7) is 4.64. The smallest absolute Gasteiger partial charge is 0.332 e. The summed E-state index contributed by atoms with van der Waals surface area (Å²) in [5, 5.41) is 9.64. The lowest BCUT2D eigenvalue weighted by Crippen LogP contribution is -2.41. The van der Waals surface area contributed by atoms with E-state index in [2.05, 4.69) is 28.6 Å². The molecule has 4 N–H and O–H groups in total. The zero-order valence-electron chi connectivity index (χ0n) is 22.9. The van der Waals surface area contributed by atoms with Crippen LogP contribution in [-0.4, -0.2) is 36.0 Å². The molecule has 0 saturated heterocycles. The van der Waals surface area contributed by atoms with Crippen molar-refractivity contribution in [3.8, 4) is 11.4 Å². The van der Waals surface area contributed by atoms with Gasteiger partial charge in [0, 0.05) is 19.8 Å². The van der Waals surface area contributed by atoms with Crippen molar-refractivity contribution < 1.29 is 0 Å². The van der Waals surface area contributed by atoms with Gasteiger partial charge in [-0.2, -0.15) is 16.4 Å². The van der Waals surface area contributed by atoms with Crippen molar-refractivity contribution in [1.29, 1.82) is 0 Å². The number of nitrogens with two attached hydrogens (primary N) is 2. The highest BCUT2D eigenvalue weighted by Crippen LogP contribution is 2.34. The Kier molecular flexibility index (Phi) is 7.74. The molecule has 0 fully saturated rings. The zero-order valence-corrected chi connectivity index (χ0v) is 23.7. The van der Waals surface area contributed by atoms with Gasteiger partial charge in [0.2, 0.25) is 0 Å². The van der Waals surface area contributed by atoms with E-state index in [9.17, 15) is 9.59 Å². The summed E-state index contributed by atoms with van der Waals surface area (Å²) >= 11 is 1.62. The van der Waals surface area contributed by atoms with E-state index in [1.54, 1.807) is 15.9 Å². The van der Waals surface area contributed by atoms with Gasteiger partial charge in [-0.05, 0) is 52.4 Å². The summed E-state index contributed by atoms with van der Waals surface area (Å²) in [6.07, 6.45) is 2.60. The lowest BCUT2D eigenvalue weighted by Gasteiger charge is -2.20. The summed E-state index contributed by atoms with van der Waals surface area (Å²) in [6, 6.07) is 16.0. The monoisotopic (exact) mass is 558 g/mol. The Bertz CT molecular complexity index is 1750. The first-order valence-electron chi connectivity index (χ1n) is 13.2. The van der Waals surface area contributed by atoms with Crippen molar-refractivity contribution in [1.82, 2.24) is 23.5 Å². The van der Waals surface area contributed by atoms with Crippen LogP contribution in [0.1, 0.15) is 31.0 Å². The lowest BCUT2D eigenvalue weighted by atomic mass is 10.0. The van der Waals surface area contributed by atoms with Crippen LogP contribution < -0.4 is 22.7 Å². The fourth-order valence-corrected chi connectivity index (χ4v) is 5.81. The number of thiophene rings is 1. The van der Waals surface area contributed by atoms with Crippen LogP contribution in [0.25, 0.3) is 22.4 Å². The fraction of sp³-hybridized carbons (Fsp3) is 0.310. The Hall–Kier alpha value is -4.38. The number of aryl methyl sites for hydroxylation is 1. The number of nitrogens with zero attached hydrogens (tertiary/aromatic N) is 6. The van der Waals surface area contributed by atoms with E-state index >= 15 is 0 Å². The SMILES string of the molecule is CC(C)Cn1c(=O)n(CCN=C(N)N)c(=O)c2c(-c3cccn3C)n(C(Cc3ccccc3)c3ccsc3)nc21. The van der Waals surface area contributed by atoms with Crippen molar-refractivity contribution in [3.05, 3.63) is 97.5 Å². The maximum Gasteiger partial charge on any atom is 0.332 e. The third-order valence-corrected chi connectivity index (χ3v) is 7.62. The summed E-state index contributed by atoms with van der Waals surface area (Å²) in [5.41, 5.74) is 14.3. The van der Waals surface area contributed by atoms with E-state index in [1.807, 2.05) is 72.1 Å². The Labute approximate surface area is 235 Å². The van der Waals surface area contributed by atoms with Crippen LogP contribution >= 0.6 is 11.3 Å². The molecule has 0 aliphatic carbocycles. The molecule has 10 nitrogen and oxygen atoms in total. The van der Waals surface area contributed by atoms with Crippen molar-refractivity contribution in [3.63, 3.8) is 0 Å². The van der Waals surface area contributed by atoms with Gasteiger partial charge < -0.3 is 16.0 Å². The molecule has 5 aromatic rings. The van der Waals surface area contributed by atoms with Crippen LogP contribution in [0.4, 0.5) is 0 Å². The molecule has 5 rings (SSSR count). The van der Waals surface area contributed by atoms with E-state index in [4.69, 9.17) is 16.6 Å². The molecule has 0 radical (unpaired) electrons. The van der Waals surface area contributed by atoms with Gasteiger partial charge in [-0.25, -0.2) is 4.79 Å². The average molecular weight is 559 g/mol. The molecule has 0 aliphatic rings. The third kappa shape index (κ3) is 5.24.